The molecular formula is C39H44BrN3O5S. The van der Waals surface area contributed by atoms with E-state index < -0.39 is 28.5 Å². The molecule has 4 aromatic carbocycles. The third-order valence-corrected chi connectivity index (χ3v) is 11.1. The number of carbonyl (C=O) groups excluding carboxylic acids is 2. The van der Waals surface area contributed by atoms with E-state index >= 15 is 0 Å². The second kappa shape index (κ2) is 17.0. The fourth-order valence-corrected chi connectivity index (χ4v) is 8.03. The Labute approximate surface area is 298 Å². The van der Waals surface area contributed by atoms with E-state index in [-0.39, 0.29) is 29.8 Å². The maximum absolute atomic E-state index is 14.7. The number of anilines is 1. The van der Waals surface area contributed by atoms with Gasteiger partial charge in [-0.15, -0.1) is 0 Å². The molecule has 0 bridgehead atoms. The van der Waals surface area contributed by atoms with Crippen molar-refractivity contribution in [2.45, 2.75) is 75.9 Å². The molecule has 0 saturated heterocycles. The number of carbonyl (C=O) groups is 2. The van der Waals surface area contributed by atoms with E-state index in [0.717, 1.165) is 57.6 Å². The summed E-state index contributed by atoms with van der Waals surface area (Å²) in [4.78, 5) is 30.6. The molecule has 1 saturated carbocycles. The minimum absolute atomic E-state index is 0.0320. The van der Waals surface area contributed by atoms with Crippen molar-refractivity contribution in [3.8, 4) is 5.75 Å². The molecular weight excluding hydrogens is 702 g/mol. The highest BCUT2D eigenvalue weighted by Crippen LogP contribution is 2.28. The number of benzene rings is 4. The Morgan fingerprint density at radius 1 is 0.878 bits per heavy atom. The fraction of sp³-hybridized carbons (Fsp3) is 0.333. The van der Waals surface area contributed by atoms with Crippen LogP contribution < -0.4 is 14.4 Å². The summed E-state index contributed by atoms with van der Waals surface area (Å²) in [7, 11) is -4.19. The SMILES string of the molecule is CCOc1ccc(N(CC(=O)N(Cc2cccc(Br)c2)C(Cc2ccccc2)C(=O)NC2CCCCC2)S(=O)(=O)c2ccc(C)cc2)cc1. The number of rotatable bonds is 14. The number of hydrogen-bond acceptors (Lipinski definition) is 5. The van der Waals surface area contributed by atoms with Crippen LogP contribution in [0.2, 0.25) is 0 Å². The maximum Gasteiger partial charge on any atom is 0.264 e. The zero-order valence-corrected chi connectivity index (χ0v) is 30.5. The molecule has 0 aliphatic heterocycles. The Kier molecular flexibility index (Phi) is 12.5. The van der Waals surface area contributed by atoms with Gasteiger partial charge in [-0.2, -0.15) is 0 Å². The summed E-state index contributed by atoms with van der Waals surface area (Å²) in [5, 5.41) is 3.25. The first-order valence-electron chi connectivity index (χ1n) is 16.8. The molecule has 1 aliphatic rings. The van der Waals surface area contributed by atoms with Crippen molar-refractivity contribution in [2.24, 2.45) is 0 Å². The molecule has 5 rings (SSSR count). The topological polar surface area (TPSA) is 96.0 Å². The van der Waals surface area contributed by atoms with Crippen LogP contribution in [0.1, 0.15) is 55.7 Å². The van der Waals surface area contributed by atoms with Crippen LogP contribution in [0.15, 0.2) is 112 Å². The van der Waals surface area contributed by atoms with Crippen LogP contribution in [-0.2, 0) is 32.6 Å². The largest absolute Gasteiger partial charge is 0.494 e. The zero-order valence-electron chi connectivity index (χ0n) is 28.1. The standard InChI is InChI=1S/C39H44BrN3O5S/c1-3-48-35-21-19-34(20-22-35)43(49(46,47)36-23-17-29(2)18-24-36)28-38(44)42(27-31-13-10-14-32(40)25-31)37(26-30-11-6-4-7-12-30)39(45)41-33-15-8-5-9-16-33/h4,6-7,10-14,17-25,33,37H,3,5,8-9,15-16,26-28H2,1-2H3,(H,41,45). The summed E-state index contributed by atoms with van der Waals surface area (Å²) in [5.74, 6) is -0.152. The van der Waals surface area contributed by atoms with Gasteiger partial charge in [-0.25, -0.2) is 8.42 Å². The summed E-state index contributed by atoms with van der Waals surface area (Å²) in [6, 6.07) is 29.6. The number of nitrogens with zero attached hydrogens (tertiary/aromatic N) is 2. The summed E-state index contributed by atoms with van der Waals surface area (Å²) in [6.07, 6.45) is 5.29. The van der Waals surface area contributed by atoms with E-state index in [1.54, 1.807) is 53.4 Å². The predicted molar refractivity (Wildman–Crippen MR) is 197 cm³/mol. The van der Waals surface area contributed by atoms with Crippen LogP contribution >= 0.6 is 15.9 Å². The third-order valence-electron chi connectivity index (χ3n) is 8.79. The van der Waals surface area contributed by atoms with Gasteiger partial charge >= 0.3 is 0 Å². The van der Waals surface area contributed by atoms with Crippen LogP contribution in [0, 0.1) is 6.92 Å². The lowest BCUT2D eigenvalue weighted by Gasteiger charge is -2.35. The lowest BCUT2D eigenvalue weighted by molar-refractivity contribution is -0.140. The summed E-state index contributed by atoms with van der Waals surface area (Å²) in [6.45, 7) is 3.81. The highest BCUT2D eigenvalue weighted by Gasteiger charge is 2.35. The first kappa shape index (κ1) is 36.1. The Balaban J connectivity index is 1.56. The van der Waals surface area contributed by atoms with Gasteiger partial charge in [-0.05, 0) is 86.3 Å². The van der Waals surface area contributed by atoms with E-state index in [0.29, 0.717) is 18.0 Å². The number of ether oxygens (including phenoxy) is 1. The van der Waals surface area contributed by atoms with E-state index in [2.05, 4.69) is 21.2 Å². The number of nitrogens with one attached hydrogen (secondary N) is 1. The van der Waals surface area contributed by atoms with Gasteiger partial charge in [0.25, 0.3) is 10.0 Å². The molecule has 4 aromatic rings. The van der Waals surface area contributed by atoms with Crippen LogP contribution in [0.5, 0.6) is 5.75 Å². The Morgan fingerprint density at radius 3 is 2.20 bits per heavy atom. The molecule has 0 aromatic heterocycles. The van der Waals surface area contributed by atoms with Crippen LogP contribution in [0.3, 0.4) is 0 Å². The van der Waals surface area contributed by atoms with E-state index in [1.807, 2.05) is 68.4 Å². The van der Waals surface area contributed by atoms with Gasteiger partial charge in [0.1, 0.15) is 18.3 Å². The van der Waals surface area contributed by atoms with Gasteiger partial charge in [0.15, 0.2) is 0 Å². The van der Waals surface area contributed by atoms with Crippen molar-refractivity contribution in [3.63, 3.8) is 0 Å². The Bertz CT molecular complexity index is 1790. The van der Waals surface area contributed by atoms with E-state index in [9.17, 15) is 18.0 Å². The molecule has 10 heteroatoms. The fourth-order valence-electron chi connectivity index (χ4n) is 6.17. The Hall–Kier alpha value is -4.15. The average molecular weight is 747 g/mol. The predicted octanol–water partition coefficient (Wildman–Crippen LogP) is 7.44. The van der Waals surface area contributed by atoms with Gasteiger partial charge in [0, 0.05) is 23.5 Å². The monoisotopic (exact) mass is 745 g/mol. The molecule has 1 aliphatic carbocycles. The molecule has 1 fully saturated rings. The summed E-state index contributed by atoms with van der Waals surface area (Å²) >= 11 is 3.54. The number of aryl methyl sites for hydroxylation is 1. The molecule has 1 N–H and O–H groups in total. The third kappa shape index (κ3) is 9.73. The minimum atomic E-state index is -4.19. The summed E-state index contributed by atoms with van der Waals surface area (Å²) < 4.78 is 36.2. The number of hydrogen-bond donors (Lipinski definition) is 1. The minimum Gasteiger partial charge on any atom is -0.494 e. The van der Waals surface area contributed by atoms with Crippen LogP contribution in [0.4, 0.5) is 5.69 Å². The van der Waals surface area contributed by atoms with Crippen LogP contribution in [-0.4, -0.2) is 50.4 Å². The lowest BCUT2D eigenvalue weighted by atomic mass is 9.94. The van der Waals surface area contributed by atoms with Gasteiger partial charge in [0.2, 0.25) is 11.8 Å². The quantitative estimate of drug-likeness (QED) is 0.145. The highest BCUT2D eigenvalue weighted by atomic mass is 79.9. The number of amides is 2. The number of sulfonamides is 1. The molecule has 0 spiro atoms. The molecule has 2 amide bonds. The van der Waals surface area contributed by atoms with Crippen molar-refractivity contribution in [1.29, 1.82) is 0 Å². The van der Waals surface area contributed by atoms with Crippen LogP contribution in [0.25, 0.3) is 0 Å². The average Bonchev–Trinajstić information content (AvgIpc) is 3.10. The van der Waals surface area contributed by atoms with E-state index in [1.165, 1.54) is 0 Å². The van der Waals surface area contributed by atoms with Crippen molar-refractivity contribution in [3.05, 3.63) is 124 Å². The van der Waals surface area contributed by atoms with Gasteiger partial charge in [-0.1, -0.05) is 95.4 Å². The van der Waals surface area contributed by atoms with Crippen molar-refractivity contribution >= 4 is 43.5 Å². The first-order chi connectivity index (χ1) is 23.6. The number of halogens is 1. The second-order valence-corrected chi connectivity index (χ2v) is 15.2. The van der Waals surface area contributed by atoms with E-state index in [4.69, 9.17) is 4.74 Å². The van der Waals surface area contributed by atoms with Crippen molar-refractivity contribution < 1.29 is 22.7 Å². The van der Waals surface area contributed by atoms with Crippen molar-refractivity contribution in [1.82, 2.24) is 10.2 Å². The zero-order chi connectivity index (χ0) is 34.8. The lowest BCUT2D eigenvalue weighted by Crippen LogP contribution is -2.55. The smallest absolute Gasteiger partial charge is 0.264 e. The van der Waals surface area contributed by atoms with Gasteiger partial charge in [-0.3, -0.25) is 13.9 Å². The molecule has 258 valence electrons. The first-order valence-corrected chi connectivity index (χ1v) is 19.1. The van der Waals surface area contributed by atoms with Gasteiger partial charge < -0.3 is 15.0 Å². The highest BCUT2D eigenvalue weighted by molar-refractivity contribution is 9.10. The van der Waals surface area contributed by atoms with Crippen molar-refractivity contribution in [2.75, 3.05) is 17.5 Å². The molecule has 8 nitrogen and oxygen atoms in total. The maximum atomic E-state index is 14.7. The Morgan fingerprint density at radius 2 is 1.55 bits per heavy atom. The summed E-state index contributed by atoms with van der Waals surface area (Å²) in [5.41, 5.74) is 2.93. The molecule has 1 unspecified atom stereocenters. The molecule has 49 heavy (non-hydrogen) atoms. The van der Waals surface area contributed by atoms with Gasteiger partial charge in [0.05, 0.1) is 17.2 Å². The molecule has 0 heterocycles. The normalized spacial score (nSPS) is 14.1. The molecule has 0 radical (unpaired) electrons. The second-order valence-electron chi connectivity index (χ2n) is 12.5. The molecule has 1 atom stereocenters.